The fraction of sp³-hybridized carbons (Fsp3) is 0.435. The van der Waals surface area contributed by atoms with Gasteiger partial charge in [-0.25, -0.2) is 10.5 Å². The van der Waals surface area contributed by atoms with Gasteiger partial charge in [0, 0.05) is 30.0 Å². The molecule has 2 aromatic heterocycles. The van der Waals surface area contributed by atoms with Crippen LogP contribution in [0.1, 0.15) is 47.3 Å². The first-order valence-electron chi connectivity index (χ1n) is 10.9. The van der Waals surface area contributed by atoms with E-state index in [0.717, 1.165) is 72.4 Å². The largest absolute Gasteiger partial charge is 0.507 e. The third-order valence-electron chi connectivity index (χ3n) is 6.06. The normalized spacial score (nSPS) is 14.0. The number of hydrogen-bond acceptors (Lipinski definition) is 7. The number of carbonyl (C=O) groups is 1. The minimum absolute atomic E-state index is 0.110. The number of hydrogen-bond donors (Lipinski definition) is 4. The lowest BCUT2D eigenvalue weighted by Crippen LogP contribution is -2.31. The zero-order chi connectivity index (χ0) is 22.8. The minimum Gasteiger partial charge on any atom is -0.507 e. The first-order valence-corrected chi connectivity index (χ1v) is 11.7. The lowest BCUT2D eigenvalue weighted by Gasteiger charge is -2.26. The Hall–Kier alpha value is -2.75. The predicted octanol–water partition coefficient (Wildman–Crippen LogP) is 3.40. The van der Waals surface area contributed by atoms with Crippen molar-refractivity contribution in [2.75, 3.05) is 13.1 Å². The zero-order valence-electron chi connectivity index (χ0n) is 18.3. The van der Waals surface area contributed by atoms with Crippen LogP contribution in [0.3, 0.4) is 0 Å². The maximum atomic E-state index is 12.9. The molecular weight excluding hydrogens is 428 g/mol. The molecule has 3 aromatic rings. The lowest BCUT2D eigenvalue weighted by atomic mass is 10.0. The summed E-state index contributed by atoms with van der Waals surface area (Å²) in [4.78, 5) is 36.1. The topological polar surface area (TPSA) is 119 Å². The van der Waals surface area contributed by atoms with Crippen molar-refractivity contribution in [1.29, 1.82) is 0 Å². The number of H-pyrrole nitrogens is 1. The van der Waals surface area contributed by atoms with Crippen LogP contribution in [0.25, 0.3) is 21.6 Å². The van der Waals surface area contributed by atoms with Crippen molar-refractivity contribution in [3.05, 3.63) is 44.1 Å². The van der Waals surface area contributed by atoms with E-state index in [2.05, 4.69) is 9.88 Å². The van der Waals surface area contributed by atoms with Crippen molar-refractivity contribution in [3.63, 3.8) is 0 Å². The second-order valence-corrected chi connectivity index (χ2v) is 9.51. The van der Waals surface area contributed by atoms with Gasteiger partial charge in [0.1, 0.15) is 16.4 Å². The Morgan fingerprint density at radius 2 is 2.00 bits per heavy atom. The van der Waals surface area contributed by atoms with Crippen molar-refractivity contribution in [1.82, 2.24) is 20.3 Å². The molecule has 3 heterocycles. The molecule has 0 aliphatic carbocycles. The second-order valence-electron chi connectivity index (χ2n) is 8.43. The summed E-state index contributed by atoms with van der Waals surface area (Å²) >= 11 is 1.59. The highest BCUT2D eigenvalue weighted by molar-refractivity contribution is 7.18. The number of nitrogens with one attached hydrogen (secondary N) is 2. The Morgan fingerprint density at radius 1 is 1.25 bits per heavy atom. The van der Waals surface area contributed by atoms with E-state index >= 15 is 0 Å². The van der Waals surface area contributed by atoms with Crippen LogP contribution in [0.15, 0.2) is 16.9 Å². The van der Waals surface area contributed by atoms with Crippen molar-refractivity contribution >= 4 is 27.5 Å². The number of phenolic OH excluding ortho intramolecular Hbond substituents is 1. The summed E-state index contributed by atoms with van der Waals surface area (Å²) in [5.41, 5.74) is 4.96. The second kappa shape index (κ2) is 9.40. The van der Waals surface area contributed by atoms with E-state index in [1.54, 1.807) is 16.8 Å². The number of hydroxylamine groups is 1. The average molecular weight is 457 g/mol. The molecule has 32 heavy (non-hydrogen) atoms. The van der Waals surface area contributed by atoms with Crippen molar-refractivity contribution in [2.24, 2.45) is 0 Å². The Labute approximate surface area is 189 Å². The average Bonchev–Trinajstić information content (AvgIpc) is 3.14. The molecule has 1 aromatic carbocycles. The minimum atomic E-state index is -0.340. The highest BCUT2D eigenvalue weighted by Crippen LogP contribution is 2.34. The van der Waals surface area contributed by atoms with Gasteiger partial charge in [-0.1, -0.05) is 6.42 Å². The number of thiophene rings is 1. The third kappa shape index (κ3) is 4.55. The van der Waals surface area contributed by atoms with Gasteiger partial charge in [0.15, 0.2) is 0 Å². The van der Waals surface area contributed by atoms with Gasteiger partial charge in [-0.2, -0.15) is 0 Å². The summed E-state index contributed by atoms with van der Waals surface area (Å²) in [6.45, 7) is 6.31. The maximum Gasteiger partial charge on any atom is 0.260 e. The predicted molar refractivity (Wildman–Crippen MR) is 124 cm³/mol. The number of aryl methyl sites for hydroxylation is 2. The zero-order valence-corrected chi connectivity index (χ0v) is 19.1. The molecule has 0 bridgehead atoms. The molecule has 9 heteroatoms. The number of unbranched alkanes of at least 4 members (excludes halogenated alkanes) is 2. The molecule has 1 aliphatic heterocycles. The van der Waals surface area contributed by atoms with Gasteiger partial charge in [0.05, 0.1) is 5.39 Å². The van der Waals surface area contributed by atoms with E-state index in [1.165, 1.54) is 4.88 Å². The van der Waals surface area contributed by atoms with E-state index in [9.17, 15) is 14.7 Å². The van der Waals surface area contributed by atoms with Crippen LogP contribution in [-0.2, 0) is 17.8 Å². The van der Waals surface area contributed by atoms with Crippen LogP contribution >= 0.6 is 11.3 Å². The Kier molecular flexibility index (Phi) is 6.59. The molecule has 8 nitrogen and oxygen atoms in total. The molecule has 0 saturated carbocycles. The smallest absolute Gasteiger partial charge is 0.260 e. The van der Waals surface area contributed by atoms with Gasteiger partial charge >= 0.3 is 0 Å². The molecular formula is C23H28N4O4S. The van der Waals surface area contributed by atoms with E-state index in [1.807, 2.05) is 26.0 Å². The van der Waals surface area contributed by atoms with E-state index in [0.29, 0.717) is 17.6 Å². The molecule has 1 aliphatic rings. The van der Waals surface area contributed by atoms with Crippen LogP contribution in [-0.4, -0.2) is 44.2 Å². The molecule has 0 radical (unpaired) electrons. The maximum absolute atomic E-state index is 12.9. The van der Waals surface area contributed by atoms with E-state index in [4.69, 9.17) is 10.2 Å². The van der Waals surface area contributed by atoms with Gasteiger partial charge < -0.3 is 10.1 Å². The number of phenols is 1. The Bertz CT molecular complexity index is 1190. The van der Waals surface area contributed by atoms with Crippen molar-refractivity contribution < 1.29 is 15.1 Å². The summed E-state index contributed by atoms with van der Waals surface area (Å²) in [6, 6.07) is 3.68. The van der Waals surface area contributed by atoms with Crippen molar-refractivity contribution in [2.45, 2.75) is 52.5 Å². The van der Waals surface area contributed by atoms with Gasteiger partial charge in [0.2, 0.25) is 5.91 Å². The van der Waals surface area contributed by atoms with Crippen LogP contribution < -0.4 is 11.0 Å². The van der Waals surface area contributed by atoms with Gasteiger partial charge in [-0.3, -0.25) is 19.7 Å². The van der Waals surface area contributed by atoms with Gasteiger partial charge in [-0.15, -0.1) is 11.3 Å². The highest BCUT2D eigenvalue weighted by Gasteiger charge is 2.24. The number of benzene rings is 1. The number of aromatic amines is 1. The van der Waals surface area contributed by atoms with E-state index < -0.39 is 0 Å². The SMILES string of the molecule is Cc1cc(-c2nc3sc4c(c3c(=O)[nH]2)CCN(CCCCCC(=O)NO)C4)cc(C)c1O. The molecule has 170 valence electrons. The Balaban J connectivity index is 1.50. The highest BCUT2D eigenvalue weighted by atomic mass is 32.1. The first-order chi connectivity index (χ1) is 15.4. The number of aromatic hydroxyl groups is 1. The number of nitrogens with zero attached hydrogens (tertiary/aromatic N) is 2. The number of fused-ring (bicyclic) bond motifs is 3. The molecule has 0 unspecified atom stereocenters. The number of carbonyl (C=O) groups excluding carboxylic acids is 1. The molecule has 0 atom stereocenters. The summed E-state index contributed by atoms with van der Waals surface area (Å²) in [5, 5.41) is 19.3. The van der Waals surface area contributed by atoms with Crippen LogP contribution in [0, 0.1) is 13.8 Å². The fourth-order valence-corrected chi connectivity index (χ4v) is 5.59. The molecule has 1 amide bonds. The van der Waals surface area contributed by atoms with Crippen LogP contribution in [0.5, 0.6) is 5.75 Å². The van der Waals surface area contributed by atoms with Crippen molar-refractivity contribution in [3.8, 4) is 17.1 Å². The number of rotatable bonds is 7. The lowest BCUT2D eigenvalue weighted by molar-refractivity contribution is -0.129. The number of amides is 1. The summed E-state index contributed by atoms with van der Waals surface area (Å²) in [7, 11) is 0. The van der Waals surface area contributed by atoms with Crippen LogP contribution in [0.2, 0.25) is 0 Å². The summed E-state index contributed by atoms with van der Waals surface area (Å²) in [5.74, 6) is 0.448. The summed E-state index contributed by atoms with van der Waals surface area (Å²) in [6.07, 6.45) is 3.84. The number of aromatic nitrogens is 2. The van der Waals surface area contributed by atoms with Gasteiger partial charge in [0.25, 0.3) is 5.56 Å². The molecule has 4 rings (SSSR count). The first kappa shape index (κ1) is 22.4. The summed E-state index contributed by atoms with van der Waals surface area (Å²) < 4.78 is 0. The standard InChI is InChI=1S/C23H28N4O4S/c1-13-10-15(11-14(2)20(13)29)21-24-22(30)19-16-7-9-27(12-17(16)32-23(19)25-21)8-5-3-4-6-18(28)26-31/h10-11,29,31H,3-9,12H2,1-2H3,(H,26,28)(H,24,25,30). The van der Waals surface area contributed by atoms with E-state index in [-0.39, 0.29) is 17.2 Å². The molecule has 0 spiro atoms. The monoisotopic (exact) mass is 456 g/mol. The fourth-order valence-electron chi connectivity index (χ4n) is 4.33. The van der Waals surface area contributed by atoms with Gasteiger partial charge in [-0.05, 0) is 68.5 Å². The van der Waals surface area contributed by atoms with Crippen LogP contribution in [0.4, 0.5) is 0 Å². The molecule has 4 N–H and O–H groups in total. The molecule has 0 fully saturated rings. The Morgan fingerprint density at radius 3 is 2.72 bits per heavy atom. The third-order valence-corrected chi connectivity index (χ3v) is 7.17. The quantitative estimate of drug-likeness (QED) is 0.246. The molecule has 0 saturated heterocycles.